The van der Waals surface area contributed by atoms with Crippen molar-refractivity contribution in [1.29, 1.82) is 0 Å². The molecule has 0 radical (unpaired) electrons. The summed E-state index contributed by atoms with van der Waals surface area (Å²) in [5.74, 6) is 0.0503. The van der Waals surface area contributed by atoms with E-state index in [4.69, 9.17) is 0 Å². The third kappa shape index (κ3) is 3.85. The number of hydrogen-bond donors (Lipinski definition) is 1. The number of rotatable bonds is 2. The summed E-state index contributed by atoms with van der Waals surface area (Å²) in [5, 5.41) is 3.30. The van der Waals surface area contributed by atoms with Crippen LogP contribution in [-0.2, 0) is 16.0 Å². The van der Waals surface area contributed by atoms with Crippen LogP contribution in [0.3, 0.4) is 0 Å². The van der Waals surface area contributed by atoms with E-state index in [2.05, 4.69) is 18.3 Å². The average molecular weight is 392 g/mol. The van der Waals surface area contributed by atoms with Gasteiger partial charge in [-0.3, -0.25) is 9.59 Å². The Labute approximate surface area is 167 Å². The third-order valence-corrected chi connectivity index (χ3v) is 6.27. The Balaban J connectivity index is 0.00000210. The number of hydrogen-bond acceptors (Lipinski definition) is 3. The van der Waals surface area contributed by atoms with Gasteiger partial charge < -0.3 is 15.1 Å². The van der Waals surface area contributed by atoms with E-state index < -0.39 is 0 Å². The predicted molar refractivity (Wildman–Crippen MR) is 109 cm³/mol. The van der Waals surface area contributed by atoms with Crippen molar-refractivity contribution in [3.63, 3.8) is 0 Å². The van der Waals surface area contributed by atoms with Gasteiger partial charge in [-0.2, -0.15) is 0 Å². The van der Waals surface area contributed by atoms with Crippen molar-refractivity contribution in [3.05, 3.63) is 29.8 Å². The lowest BCUT2D eigenvalue weighted by atomic mass is 9.77. The largest absolute Gasteiger partial charge is 0.340 e. The highest BCUT2D eigenvalue weighted by molar-refractivity contribution is 6.00. The van der Waals surface area contributed by atoms with Gasteiger partial charge >= 0.3 is 0 Å². The smallest absolute Gasteiger partial charge is 0.231 e. The Morgan fingerprint density at radius 2 is 1.63 bits per heavy atom. The monoisotopic (exact) mass is 391 g/mol. The standard InChI is InChI=1S/C21H29N3O2.ClH/c1-15-14-16-6-2-5-9-19(16)24(15)21(26)18-8-4-3-7-17(18)20(25)23-12-10-22-11-13-23;/h2,5-6,9,15,17-18,22H,3-4,7-8,10-14H2,1H3;1H. The topological polar surface area (TPSA) is 52.7 Å². The summed E-state index contributed by atoms with van der Waals surface area (Å²) in [6, 6.07) is 8.38. The molecule has 3 aliphatic rings. The molecule has 3 unspecified atom stereocenters. The molecule has 2 aliphatic heterocycles. The van der Waals surface area contributed by atoms with Gasteiger partial charge in [-0.15, -0.1) is 12.4 Å². The number of carbonyl (C=O) groups excluding carboxylic acids is 2. The van der Waals surface area contributed by atoms with Crippen molar-refractivity contribution >= 4 is 29.9 Å². The molecule has 6 heteroatoms. The second-order valence-electron chi connectivity index (χ2n) is 7.96. The lowest BCUT2D eigenvalue weighted by Gasteiger charge is -2.38. The molecule has 2 fully saturated rings. The highest BCUT2D eigenvalue weighted by Crippen LogP contribution is 2.38. The van der Waals surface area contributed by atoms with E-state index in [1.165, 1.54) is 5.56 Å². The van der Waals surface area contributed by atoms with E-state index >= 15 is 0 Å². The molecule has 1 saturated heterocycles. The molecule has 5 nitrogen and oxygen atoms in total. The lowest BCUT2D eigenvalue weighted by molar-refractivity contribution is -0.143. The molecule has 0 bridgehead atoms. The highest BCUT2D eigenvalue weighted by Gasteiger charge is 2.42. The van der Waals surface area contributed by atoms with Crippen LogP contribution in [0.4, 0.5) is 5.69 Å². The number of piperazine rings is 1. The van der Waals surface area contributed by atoms with Crippen molar-refractivity contribution in [1.82, 2.24) is 10.2 Å². The van der Waals surface area contributed by atoms with Gasteiger partial charge in [0.1, 0.15) is 0 Å². The van der Waals surface area contributed by atoms with Gasteiger partial charge in [0.05, 0.1) is 5.92 Å². The molecule has 1 saturated carbocycles. The molecule has 2 heterocycles. The van der Waals surface area contributed by atoms with Crippen LogP contribution in [0.5, 0.6) is 0 Å². The number of carbonyl (C=O) groups is 2. The first-order chi connectivity index (χ1) is 12.7. The second kappa shape index (κ2) is 8.61. The van der Waals surface area contributed by atoms with Gasteiger partial charge in [-0.05, 0) is 37.8 Å². The van der Waals surface area contributed by atoms with Crippen LogP contribution in [0.25, 0.3) is 0 Å². The van der Waals surface area contributed by atoms with Gasteiger partial charge in [0.15, 0.2) is 0 Å². The summed E-state index contributed by atoms with van der Waals surface area (Å²) >= 11 is 0. The molecule has 2 amide bonds. The zero-order valence-electron chi connectivity index (χ0n) is 16.0. The number of amides is 2. The van der Waals surface area contributed by atoms with E-state index in [0.717, 1.165) is 64.0 Å². The highest BCUT2D eigenvalue weighted by atomic mass is 35.5. The fourth-order valence-corrected chi connectivity index (χ4v) is 4.92. The molecule has 1 aromatic carbocycles. The van der Waals surface area contributed by atoms with Crippen molar-refractivity contribution in [2.24, 2.45) is 11.8 Å². The maximum absolute atomic E-state index is 13.5. The number of halogens is 1. The van der Waals surface area contributed by atoms with Crippen molar-refractivity contribution in [3.8, 4) is 0 Å². The summed E-state index contributed by atoms with van der Waals surface area (Å²) in [6.45, 7) is 5.35. The Bertz CT molecular complexity index is 690. The number of benzene rings is 1. The fraction of sp³-hybridized carbons (Fsp3) is 0.619. The van der Waals surface area contributed by atoms with Crippen LogP contribution in [0.15, 0.2) is 24.3 Å². The zero-order valence-corrected chi connectivity index (χ0v) is 16.8. The van der Waals surface area contributed by atoms with E-state index in [-0.39, 0.29) is 42.1 Å². The first-order valence-electron chi connectivity index (χ1n) is 10.1. The maximum atomic E-state index is 13.5. The fourth-order valence-electron chi connectivity index (χ4n) is 4.92. The summed E-state index contributed by atoms with van der Waals surface area (Å²) < 4.78 is 0. The molecule has 0 aromatic heterocycles. The average Bonchev–Trinajstić information content (AvgIpc) is 3.03. The van der Waals surface area contributed by atoms with Crippen LogP contribution in [0.1, 0.15) is 38.2 Å². The van der Waals surface area contributed by atoms with Gasteiger partial charge in [0.2, 0.25) is 11.8 Å². The van der Waals surface area contributed by atoms with Crippen LogP contribution < -0.4 is 10.2 Å². The number of fused-ring (bicyclic) bond motifs is 1. The predicted octanol–water partition coefficient (Wildman–Crippen LogP) is 2.62. The van der Waals surface area contributed by atoms with Crippen molar-refractivity contribution < 1.29 is 9.59 Å². The first kappa shape index (κ1) is 20.2. The van der Waals surface area contributed by atoms with Crippen molar-refractivity contribution in [2.45, 2.75) is 45.1 Å². The molecule has 148 valence electrons. The molecular formula is C21H30ClN3O2. The SMILES string of the molecule is CC1Cc2ccccc2N1C(=O)C1CCCCC1C(=O)N1CCNCC1.Cl. The molecule has 3 atom stereocenters. The van der Waals surface area contributed by atoms with Crippen molar-refractivity contribution in [2.75, 3.05) is 31.1 Å². The zero-order chi connectivity index (χ0) is 18.1. The van der Waals surface area contributed by atoms with Crippen LogP contribution in [0.2, 0.25) is 0 Å². The van der Waals surface area contributed by atoms with Gasteiger partial charge in [0.25, 0.3) is 0 Å². The van der Waals surface area contributed by atoms with Gasteiger partial charge in [-0.25, -0.2) is 0 Å². The Morgan fingerprint density at radius 3 is 2.33 bits per heavy atom. The van der Waals surface area contributed by atoms with E-state index in [0.29, 0.717) is 0 Å². The summed E-state index contributed by atoms with van der Waals surface area (Å²) in [7, 11) is 0. The minimum absolute atomic E-state index is 0. The van der Waals surface area contributed by atoms with Crippen LogP contribution in [0, 0.1) is 11.8 Å². The summed E-state index contributed by atoms with van der Waals surface area (Å²) in [6.07, 6.45) is 4.70. The minimum Gasteiger partial charge on any atom is -0.340 e. The quantitative estimate of drug-likeness (QED) is 0.843. The molecule has 4 rings (SSSR count). The molecule has 1 aliphatic carbocycles. The number of para-hydroxylation sites is 1. The maximum Gasteiger partial charge on any atom is 0.231 e. The van der Waals surface area contributed by atoms with Crippen LogP contribution in [-0.4, -0.2) is 48.9 Å². The Hall–Kier alpha value is -1.59. The molecule has 0 spiro atoms. The second-order valence-corrected chi connectivity index (χ2v) is 7.96. The molecule has 1 N–H and O–H groups in total. The number of nitrogens with one attached hydrogen (secondary N) is 1. The third-order valence-electron chi connectivity index (χ3n) is 6.27. The molecule has 27 heavy (non-hydrogen) atoms. The number of anilines is 1. The summed E-state index contributed by atoms with van der Waals surface area (Å²) in [5.41, 5.74) is 2.29. The Kier molecular flexibility index (Phi) is 6.43. The minimum atomic E-state index is -0.167. The van der Waals surface area contributed by atoms with E-state index in [1.54, 1.807) is 0 Å². The number of nitrogens with zero attached hydrogens (tertiary/aromatic N) is 2. The van der Waals surface area contributed by atoms with Crippen LogP contribution >= 0.6 is 12.4 Å². The normalized spacial score (nSPS) is 27.7. The first-order valence-corrected chi connectivity index (χ1v) is 10.1. The summed E-state index contributed by atoms with van der Waals surface area (Å²) in [4.78, 5) is 30.6. The lowest BCUT2D eigenvalue weighted by Crippen LogP contribution is -2.52. The molecular weight excluding hydrogens is 362 g/mol. The van der Waals surface area contributed by atoms with E-state index in [1.807, 2.05) is 28.0 Å². The van der Waals surface area contributed by atoms with Gasteiger partial charge in [0, 0.05) is 43.8 Å². The molecule has 1 aromatic rings. The Morgan fingerprint density at radius 1 is 1.00 bits per heavy atom. The van der Waals surface area contributed by atoms with E-state index in [9.17, 15) is 9.59 Å². The van der Waals surface area contributed by atoms with Gasteiger partial charge in [-0.1, -0.05) is 31.0 Å².